The normalized spacial score (nSPS) is 11.5. The second-order valence-corrected chi connectivity index (χ2v) is 6.15. The van der Waals surface area contributed by atoms with Crippen LogP contribution in [0, 0.1) is 0 Å². The summed E-state index contributed by atoms with van der Waals surface area (Å²) in [7, 11) is 0. The fraction of sp³-hybridized carbons (Fsp3) is 0.211. The molecule has 0 saturated heterocycles. The van der Waals surface area contributed by atoms with E-state index in [4.69, 9.17) is 9.84 Å². The third kappa shape index (κ3) is 3.51. The number of carboxylic acid groups (broad SMARTS) is 1. The summed E-state index contributed by atoms with van der Waals surface area (Å²) >= 11 is 0. The van der Waals surface area contributed by atoms with Gasteiger partial charge in [0.2, 0.25) is 5.75 Å². The highest BCUT2D eigenvalue weighted by Crippen LogP contribution is 2.57. The van der Waals surface area contributed by atoms with E-state index in [1.54, 1.807) is 18.2 Å². The zero-order valence-corrected chi connectivity index (χ0v) is 13.8. The van der Waals surface area contributed by atoms with E-state index in [0.29, 0.717) is 5.75 Å². The van der Waals surface area contributed by atoms with Crippen LogP contribution < -0.4 is 4.74 Å². The molecule has 0 aliphatic carbocycles. The van der Waals surface area contributed by atoms with Crippen LogP contribution in [0.25, 0.3) is 0 Å². The average molecular weight is 328 g/mol. The maximum Gasteiger partial charge on any atom is 0.330 e. The van der Waals surface area contributed by atoms with Gasteiger partial charge in [0.05, 0.1) is 0 Å². The highest BCUT2D eigenvalue weighted by atomic mass is 16.6. The van der Waals surface area contributed by atoms with Crippen molar-refractivity contribution in [1.29, 1.82) is 0 Å². The molecule has 5 nitrogen and oxygen atoms in total. The maximum absolute atomic E-state index is 9.60. The molecular formula is C19H20O5. The van der Waals surface area contributed by atoms with Gasteiger partial charge in [0.25, 0.3) is 0 Å². The van der Waals surface area contributed by atoms with Crippen molar-refractivity contribution in [2.24, 2.45) is 0 Å². The summed E-state index contributed by atoms with van der Waals surface area (Å²) in [5, 5.41) is 26.7. The second-order valence-electron chi connectivity index (χ2n) is 6.15. The van der Waals surface area contributed by atoms with Crippen molar-refractivity contribution in [1.82, 2.24) is 0 Å². The maximum atomic E-state index is 9.60. The summed E-state index contributed by atoms with van der Waals surface area (Å²) in [5.74, 6) is 0.866. The van der Waals surface area contributed by atoms with Gasteiger partial charge in [0.15, 0.2) is 11.5 Å². The highest BCUT2D eigenvalue weighted by molar-refractivity contribution is 5.84. The number of carbonyl (C=O) groups is 1. The first-order valence-electron chi connectivity index (χ1n) is 7.37. The van der Waals surface area contributed by atoms with E-state index in [1.165, 1.54) is 6.92 Å². The van der Waals surface area contributed by atoms with Gasteiger partial charge in [-0.1, -0.05) is 38.6 Å². The van der Waals surface area contributed by atoms with E-state index in [0.717, 1.165) is 16.9 Å². The van der Waals surface area contributed by atoms with Gasteiger partial charge in [-0.05, 0) is 30.7 Å². The molecule has 2 aromatic carbocycles. The Labute approximate surface area is 140 Å². The highest BCUT2D eigenvalue weighted by Gasteiger charge is 2.36. The van der Waals surface area contributed by atoms with Crippen LogP contribution in [0.1, 0.15) is 31.9 Å². The molecule has 0 unspecified atom stereocenters. The van der Waals surface area contributed by atoms with Crippen molar-refractivity contribution in [3.05, 3.63) is 59.7 Å². The Kier molecular flexibility index (Phi) is 4.55. The predicted molar refractivity (Wildman–Crippen MR) is 90.9 cm³/mol. The van der Waals surface area contributed by atoms with E-state index >= 15 is 0 Å². The first kappa shape index (κ1) is 17.4. The van der Waals surface area contributed by atoms with Crippen molar-refractivity contribution in [3.8, 4) is 23.0 Å². The Bertz CT molecular complexity index is 776. The summed E-state index contributed by atoms with van der Waals surface area (Å²) in [6.07, 6.45) is 0. The van der Waals surface area contributed by atoms with Gasteiger partial charge in [0.1, 0.15) is 5.75 Å². The molecular weight excluding hydrogens is 308 g/mol. The summed E-state index contributed by atoms with van der Waals surface area (Å²) < 4.78 is 5.33. The number of benzene rings is 2. The molecule has 3 N–H and O–H groups in total. The Morgan fingerprint density at radius 2 is 1.58 bits per heavy atom. The zero-order valence-electron chi connectivity index (χ0n) is 13.8. The molecule has 2 aromatic rings. The van der Waals surface area contributed by atoms with Crippen LogP contribution >= 0.6 is 0 Å². The van der Waals surface area contributed by atoms with Crippen LogP contribution in [0.3, 0.4) is 0 Å². The fourth-order valence-electron chi connectivity index (χ4n) is 2.26. The monoisotopic (exact) mass is 328 g/mol. The van der Waals surface area contributed by atoms with Gasteiger partial charge in [0, 0.05) is 16.6 Å². The van der Waals surface area contributed by atoms with E-state index in [2.05, 4.69) is 20.4 Å². The van der Waals surface area contributed by atoms with E-state index in [9.17, 15) is 15.0 Å². The first-order valence-corrected chi connectivity index (χ1v) is 7.37. The molecule has 0 aromatic heterocycles. The number of aliphatic carboxylic acids is 1. The molecule has 0 fully saturated rings. The van der Waals surface area contributed by atoms with Crippen LogP contribution in [0.2, 0.25) is 0 Å². The number of hydrogen-bond donors (Lipinski definition) is 3. The second kappa shape index (κ2) is 6.28. The SMILES string of the molecule is C=C(C)C(=O)O.CC(C)(c1ccc(O)cc1)c1ccc(O)c2c1O2. The number of phenolic OH excluding ortho intramolecular Hbond substituents is 2. The average Bonchev–Trinajstić information content (AvgIpc) is 3.29. The van der Waals surface area contributed by atoms with Gasteiger partial charge < -0.3 is 20.1 Å². The lowest BCUT2D eigenvalue weighted by Gasteiger charge is -2.25. The van der Waals surface area contributed by atoms with Crippen molar-refractivity contribution >= 4 is 5.97 Å². The number of hydrogen-bond acceptors (Lipinski definition) is 4. The number of phenols is 2. The Morgan fingerprint density at radius 3 is 2.08 bits per heavy atom. The lowest BCUT2D eigenvalue weighted by atomic mass is 9.78. The Morgan fingerprint density at radius 1 is 1.04 bits per heavy atom. The van der Waals surface area contributed by atoms with Gasteiger partial charge >= 0.3 is 5.97 Å². The van der Waals surface area contributed by atoms with Crippen LogP contribution in [-0.2, 0) is 10.2 Å². The summed E-state index contributed by atoms with van der Waals surface area (Å²) in [4.78, 5) is 9.60. The van der Waals surface area contributed by atoms with Crippen LogP contribution in [-0.4, -0.2) is 21.3 Å². The van der Waals surface area contributed by atoms with Gasteiger partial charge in [-0.2, -0.15) is 0 Å². The molecule has 126 valence electrons. The molecule has 1 heterocycles. The standard InChI is InChI=1S/C15H14O3.C4H6O2/c1-15(2,9-3-5-10(16)6-4-9)11-7-8-12(17)14-13(11)18-14;1-3(2)4(5)6/h3-8,16-17H,1-2H3;1H2,2H3,(H,5,6). The largest absolute Gasteiger partial charge is 0.508 e. The van der Waals surface area contributed by atoms with Crippen LogP contribution in [0.5, 0.6) is 23.0 Å². The Balaban J connectivity index is 0.000000301. The summed E-state index contributed by atoms with van der Waals surface area (Å²) in [5.41, 5.74) is 2.07. The summed E-state index contributed by atoms with van der Waals surface area (Å²) in [6, 6.07) is 10.7. The minimum absolute atomic E-state index is 0.176. The Hall–Kier alpha value is -2.95. The molecule has 0 saturated carbocycles. The molecule has 5 heteroatoms. The minimum Gasteiger partial charge on any atom is -0.508 e. The lowest BCUT2D eigenvalue weighted by molar-refractivity contribution is -0.132. The van der Waals surface area contributed by atoms with Crippen LogP contribution in [0.4, 0.5) is 0 Å². The smallest absolute Gasteiger partial charge is 0.330 e. The topological polar surface area (TPSA) is 90.3 Å². The number of aromatic hydroxyl groups is 2. The lowest BCUT2D eigenvalue weighted by Crippen LogP contribution is -2.17. The van der Waals surface area contributed by atoms with Gasteiger partial charge in [-0.15, -0.1) is 0 Å². The van der Waals surface area contributed by atoms with Gasteiger partial charge in [-0.3, -0.25) is 0 Å². The quantitative estimate of drug-likeness (QED) is 0.496. The van der Waals surface area contributed by atoms with Crippen molar-refractivity contribution < 1.29 is 24.9 Å². The molecule has 0 atom stereocenters. The van der Waals surface area contributed by atoms with Crippen molar-refractivity contribution in [3.63, 3.8) is 0 Å². The number of rotatable bonds is 3. The molecule has 0 amide bonds. The molecule has 1 aliphatic rings. The third-order valence-electron chi connectivity index (χ3n) is 3.88. The molecule has 0 spiro atoms. The molecule has 3 rings (SSSR count). The zero-order chi connectivity index (χ0) is 18.1. The number of ether oxygens (including phenoxy) is 1. The van der Waals surface area contributed by atoms with Gasteiger partial charge in [-0.25, -0.2) is 4.79 Å². The summed E-state index contributed by atoms with van der Waals surface area (Å²) in [6.45, 7) is 8.78. The first-order chi connectivity index (χ1) is 11.1. The minimum atomic E-state index is -0.935. The van der Waals surface area contributed by atoms with Crippen molar-refractivity contribution in [2.75, 3.05) is 0 Å². The fourth-order valence-corrected chi connectivity index (χ4v) is 2.26. The van der Waals surface area contributed by atoms with E-state index in [-0.39, 0.29) is 22.5 Å². The van der Waals surface area contributed by atoms with Crippen molar-refractivity contribution in [2.45, 2.75) is 26.2 Å². The molecule has 24 heavy (non-hydrogen) atoms. The number of carboxylic acids is 1. The third-order valence-corrected chi connectivity index (χ3v) is 3.88. The van der Waals surface area contributed by atoms with E-state index < -0.39 is 5.97 Å². The predicted octanol–water partition coefficient (Wildman–Crippen LogP) is 4.18. The molecule has 0 radical (unpaired) electrons. The van der Waals surface area contributed by atoms with Crippen LogP contribution in [0.15, 0.2) is 48.6 Å². The van der Waals surface area contributed by atoms with E-state index in [1.807, 2.05) is 18.2 Å². The number of fused-ring (bicyclic) bond motifs is 1. The molecule has 0 bridgehead atoms. The molecule has 1 aliphatic heterocycles.